The molecule has 1 saturated carbocycles. The summed E-state index contributed by atoms with van der Waals surface area (Å²) in [6.07, 6.45) is 8.13. The zero-order chi connectivity index (χ0) is 25.7. The Labute approximate surface area is 218 Å². The van der Waals surface area contributed by atoms with E-state index in [4.69, 9.17) is 4.98 Å². The number of rotatable bonds is 5. The van der Waals surface area contributed by atoms with Gasteiger partial charge in [-0.05, 0) is 43.9 Å². The van der Waals surface area contributed by atoms with Crippen molar-refractivity contribution in [3.8, 4) is 0 Å². The molecule has 190 valence electrons. The number of aromatic nitrogens is 5. The standard InChI is InChI=1S/C28H30N6O2S/c1-17-8-10-21(11-9-17)33(19(3)35)27-31-20(16-37-27)15-32-24-14-30-26-22(12-13-29-26)25(24)34(28(32)36)23-7-5-4-6-18(23)2/h8-14,16,18,23H,4-7,15H2,1-3H3,(H,29,30)/t18-,23+/m1/s1. The summed E-state index contributed by atoms with van der Waals surface area (Å²) in [6, 6.07) is 9.98. The van der Waals surface area contributed by atoms with Gasteiger partial charge in [0.05, 0.1) is 35.2 Å². The van der Waals surface area contributed by atoms with E-state index in [-0.39, 0.29) is 17.6 Å². The van der Waals surface area contributed by atoms with Gasteiger partial charge in [-0.2, -0.15) is 0 Å². The number of carbonyl (C=O) groups excluding carboxylic acids is 1. The van der Waals surface area contributed by atoms with Crippen LogP contribution >= 0.6 is 11.3 Å². The van der Waals surface area contributed by atoms with Crippen LogP contribution in [0.15, 0.2) is 52.9 Å². The van der Waals surface area contributed by atoms with Gasteiger partial charge in [0.15, 0.2) is 5.13 Å². The minimum Gasteiger partial charge on any atom is -0.346 e. The first-order valence-corrected chi connectivity index (χ1v) is 13.7. The van der Waals surface area contributed by atoms with E-state index in [2.05, 4.69) is 16.9 Å². The van der Waals surface area contributed by atoms with Crippen molar-refractivity contribution in [3.63, 3.8) is 0 Å². The number of nitrogens with one attached hydrogen (secondary N) is 1. The molecule has 0 radical (unpaired) electrons. The highest BCUT2D eigenvalue weighted by atomic mass is 32.1. The van der Waals surface area contributed by atoms with Crippen LogP contribution in [0.2, 0.25) is 0 Å². The van der Waals surface area contributed by atoms with Crippen LogP contribution in [0.25, 0.3) is 22.1 Å². The Morgan fingerprint density at radius 1 is 1.19 bits per heavy atom. The fraction of sp³-hybridized carbons (Fsp3) is 0.357. The fourth-order valence-electron chi connectivity index (χ4n) is 5.66. The SMILES string of the molecule is CC(=O)N(c1ccc(C)cc1)c1nc(Cn2c(=O)n([C@H]3CCCC[C@H]3C)c3c4cc[nH]c4ncc32)cs1. The number of benzene rings is 1. The van der Waals surface area contributed by atoms with Gasteiger partial charge in [-0.25, -0.2) is 14.8 Å². The Balaban J connectivity index is 1.43. The smallest absolute Gasteiger partial charge is 0.329 e. The zero-order valence-corrected chi connectivity index (χ0v) is 22.1. The molecule has 4 aromatic heterocycles. The Hall–Kier alpha value is -3.72. The third kappa shape index (κ3) is 4.07. The van der Waals surface area contributed by atoms with Crippen LogP contribution in [0.5, 0.6) is 0 Å². The van der Waals surface area contributed by atoms with E-state index in [9.17, 15) is 9.59 Å². The summed E-state index contributed by atoms with van der Waals surface area (Å²) in [5.41, 5.74) is 5.15. The lowest BCUT2D eigenvalue weighted by molar-refractivity contribution is -0.115. The van der Waals surface area contributed by atoms with Crippen molar-refractivity contribution in [2.45, 2.75) is 59.0 Å². The number of fused-ring (bicyclic) bond motifs is 3. The molecule has 1 N–H and O–H groups in total. The molecule has 1 aliphatic rings. The minimum atomic E-state index is -0.108. The molecule has 1 amide bonds. The molecule has 1 fully saturated rings. The number of aromatic amines is 1. The first kappa shape index (κ1) is 23.7. The van der Waals surface area contributed by atoms with E-state index in [1.807, 2.05) is 53.4 Å². The number of anilines is 2. The molecule has 37 heavy (non-hydrogen) atoms. The topological polar surface area (TPSA) is 88.8 Å². The van der Waals surface area contributed by atoms with Gasteiger partial charge >= 0.3 is 5.69 Å². The molecule has 2 atom stereocenters. The van der Waals surface area contributed by atoms with E-state index in [0.717, 1.165) is 58.3 Å². The number of amides is 1. The first-order chi connectivity index (χ1) is 17.9. The number of pyridine rings is 1. The molecule has 0 spiro atoms. The fourth-order valence-corrected chi connectivity index (χ4v) is 6.54. The van der Waals surface area contributed by atoms with Gasteiger partial charge in [0.2, 0.25) is 5.91 Å². The van der Waals surface area contributed by atoms with Crippen LogP contribution in [0, 0.1) is 12.8 Å². The van der Waals surface area contributed by atoms with Crippen LogP contribution in [-0.2, 0) is 11.3 Å². The molecule has 5 aromatic rings. The van der Waals surface area contributed by atoms with Crippen LogP contribution in [0.3, 0.4) is 0 Å². The molecule has 9 heteroatoms. The number of aryl methyl sites for hydroxylation is 1. The third-order valence-corrected chi connectivity index (χ3v) is 8.44. The maximum atomic E-state index is 14.0. The lowest BCUT2D eigenvalue weighted by Gasteiger charge is -2.29. The van der Waals surface area contributed by atoms with Crippen molar-refractivity contribution >= 4 is 50.1 Å². The van der Waals surface area contributed by atoms with Gasteiger partial charge in [0.25, 0.3) is 0 Å². The zero-order valence-electron chi connectivity index (χ0n) is 21.3. The molecule has 0 saturated heterocycles. The second-order valence-electron chi connectivity index (χ2n) is 10.1. The van der Waals surface area contributed by atoms with Crippen molar-refractivity contribution in [2.24, 2.45) is 5.92 Å². The van der Waals surface area contributed by atoms with Crippen molar-refractivity contribution in [1.29, 1.82) is 0 Å². The van der Waals surface area contributed by atoms with E-state index >= 15 is 0 Å². The summed E-state index contributed by atoms with van der Waals surface area (Å²) in [5, 5.41) is 3.49. The minimum absolute atomic E-state index is 0.0271. The molecule has 4 heterocycles. The number of imidazole rings is 1. The van der Waals surface area contributed by atoms with Crippen LogP contribution in [-0.4, -0.2) is 30.0 Å². The summed E-state index contributed by atoms with van der Waals surface area (Å²) >= 11 is 1.41. The van der Waals surface area contributed by atoms with E-state index in [0.29, 0.717) is 17.6 Å². The predicted molar refractivity (Wildman–Crippen MR) is 148 cm³/mol. The Morgan fingerprint density at radius 2 is 1.97 bits per heavy atom. The van der Waals surface area contributed by atoms with Crippen LogP contribution in [0.1, 0.15) is 56.8 Å². The summed E-state index contributed by atoms with van der Waals surface area (Å²) in [5.74, 6) is 0.320. The average Bonchev–Trinajstić information content (AvgIpc) is 3.60. The highest BCUT2D eigenvalue weighted by Gasteiger charge is 2.29. The van der Waals surface area contributed by atoms with E-state index in [1.165, 1.54) is 24.7 Å². The largest absolute Gasteiger partial charge is 0.346 e. The number of hydrogen-bond donors (Lipinski definition) is 1. The molecular formula is C28H30N6O2S. The predicted octanol–water partition coefficient (Wildman–Crippen LogP) is 5.93. The summed E-state index contributed by atoms with van der Waals surface area (Å²) < 4.78 is 3.80. The Kier molecular flexibility index (Phi) is 5.95. The molecular weight excluding hydrogens is 484 g/mol. The number of thiazole rings is 1. The molecule has 0 bridgehead atoms. The summed E-state index contributed by atoms with van der Waals surface area (Å²) in [4.78, 5) is 40.8. The average molecular weight is 515 g/mol. The Morgan fingerprint density at radius 3 is 2.73 bits per heavy atom. The number of nitrogens with zero attached hydrogens (tertiary/aromatic N) is 5. The first-order valence-electron chi connectivity index (χ1n) is 12.8. The maximum Gasteiger partial charge on any atom is 0.329 e. The van der Waals surface area contributed by atoms with Crippen molar-refractivity contribution < 1.29 is 4.79 Å². The second kappa shape index (κ2) is 9.30. The molecule has 1 aliphatic carbocycles. The quantitative estimate of drug-likeness (QED) is 0.315. The number of carbonyl (C=O) groups is 1. The number of hydrogen-bond acceptors (Lipinski definition) is 5. The van der Waals surface area contributed by atoms with Gasteiger partial charge in [-0.1, -0.05) is 37.5 Å². The van der Waals surface area contributed by atoms with Gasteiger partial charge in [-0.3, -0.25) is 18.8 Å². The van der Waals surface area contributed by atoms with Gasteiger partial charge in [-0.15, -0.1) is 11.3 Å². The molecule has 1 aromatic carbocycles. The highest BCUT2D eigenvalue weighted by Crippen LogP contribution is 2.36. The van der Waals surface area contributed by atoms with Crippen LogP contribution in [0.4, 0.5) is 10.8 Å². The maximum absolute atomic E-state index is 14.0. The summed E-state index contributed by atoms with van der Waals surface area (Å²) in [7, 11) is 0. The van der Waals surface area contributed by atoms with Crippen molar-refractivity contribution in [3.05, 3.63) is 69.8 Å². The second-order valence-corrected chi connectivity index (χ2v) is 10.9. The van der Waals surface area contributed by atoms with Crippen molar-refractivity contribution in [2.75, 3.05) is 4.90 Å². The third-order valence-electron chi connectivity index (χ3n) is 7.56. The van der Waals surface area contributed by atoms with Crippen molar-refractivity contribution in [1.82, 2.24) is 24.1 Å². The van der Waals surface area contributed by atoms with E-state index in [1.54, 1.807) is 15.7 Å². The van der Waals surface area contributed by atoms with Gasteiger partial charge < -0.3 is 4.98 Å². The highest BCUT2D eigenvalue weighted by molar-refractivity contribution is 7.14. The van der Waals surface area contributed by atoms with Gasteiger partial charge in [0.1, 0.15) is 5.65 Å². The van der Waals surface area contributed by atoms with E-state index < -0.39 is 0 Å². The molecule has 6 rings (SSSR count). The van der Waals surface area contributed by atoms with Crippen LogP contribution < -0.4 is 10.6 Å². The monoisotopic (exact) mass is 514 g/mol. The van der Waals surface area contributed by atoms with Gasteiger partial charge in [0, 0.05) is 29.9 Å². The Bertz CT molecular complexity index is 1660. The lowest BCUT2D eigenvalue weighted by Crippen LogP contribution is -2.32. The normalized spacial score (nSPS) is 18.0. The molecule has 0 aliphatic heterocycles. The molecule has 8 nitrogen and oxygen atoms in total. The molecule has 0 unspecified atom stereocenters. The summed E-state index contributed by atoms with van der Waals surface area (Å²) in [6.45, 7) is 6.13. The number of H-pyrrole nitrogens is 1. The lowest BCUT2D eigenvalue weighted by atomic mass is 9.85.